The minimum atomic E-state index is -3.86. The summed E-state index contributed by atoms with van der Waals surface area (Å²) < 4.78 is 47.0. The van der Waals surface area contributed by atoms with Gasteiger partial charge in [0.2, 0.25) is 12.1 Å². The van der Waals surface area contributed by atoms with Crippen LogP contribution in [0.25, 0.3) is 0 Å². The van der Waals surface area contributed by atoms with Gasteiger partial charge in [-0.05, 0) is 18.9 Å². The van der Waals surface area contributed by atoms with Gasteiger partial charge in [0.15, 0.2) is 6.10 Å². The summed E-state index contributed by atoms with van der Waals surface area (Å²) in [6, 6.07) is 1.22. The van der Waals surface area contributed by atoms with Crippen molar-refractivity contribution in [2.45, 2.75) is 91.6 Å². The second-order valence-corrected chi connectivity index (χ2v) is 9.76. The van der Waals surface area contributed by atoms with E-state index in [1.54, 1.807) is 13.8 Å². The minimum Gasteiger partial charge on any atom is -0.463 e. The van der Waals surface area contributed by atoms with E-state index in [-0.39, 0.29) is 17.6 Å². The van der Waals surface area contributed by atoms with E-state index < -0.39 is 60.4 Å². The summed E-state index contributed by atoms with van der Waals surface area (Å²) in [7, 11) is 0. The Morgan fingerprint density at radius 1 is 1.11 bits per heavy atom. The first kappa shape index (κ1) is 30.3. The molecule has 3 atom stereocenters. The van der Waals surface area contributed by atoms with Crippen molar-refractivity contribution >= 4 is 23.7 Å². The standard InChI is InChI=1S/C25H37F2N3O7/c1-7-9-16(10-8-2)20(31)28-18-11-12-30(24(34)29-18)23-25(26,27)19(37-22(33)15(5)6)17(36-23)13-35-21(32)14(3)4/h11-12,14-17,19,23H,7-10,13H2,1-6H3,(H,28,29,31,34)/t17-,19-,23-/m1/s1. The van der Waals surface area contributed by atoms with Crippen LogP contribution in [0.15, 0.2) is 17.1 Å². The lowest BCUT2D eigenvalue weighted by molar-refractivity contribution is -0.180. The summed E-state index contributed by atoms with van der Waals surface area (Å²) in [4.78, 5) is 53.0. The molecule has 208 valence electrons. The van der Waals surface area contributed by atoms with Gasteiger partial charge in [-0.1, -0.05) is 54.4 Å². The van der Waals surface area contributed by atoms with Crippen LogP contribution in [0.3, 0.4) is 0 Å². The lowest BCUT2D eigenvalue weighted by Crippen LogP contribution is -2.45. The van der Waals surface area contributed by atoms with Crippen LogP contribution in [-0.4, -0.2) is 52.1 Å². The molecule has 37 heavy (non-hydrogen) atoms. The molecule has 0 saturated carbocycles. The Morgan fingerprint density at radius 2 is 1.70 bits per heavy atom. The van der Waals surface area contributed by atoms with Gasteiger partial charge in [-0.2, -0.15) is 13.8 Å². The van der Waals surface area contributed by atoms with Gasteiger partial charge in [0.25, 0.3) is 0 Å². The number of ether oxygens (including phenoxy) is 3. The molecule has 0 unspecified atom stereocenters. The predicted octanol–water partition coefficient (Wildman–Crippen LogP) is 3.70. The van der Waals surface area contributed by atoms with Crippen LogP contribution in [0.2, 0.25) is 0 Å². The number of aromatic nitrogens is 2. The molecular weight excluding hydrogens is 492 g/mol. The highest BCUT2D eigenvalue weighted by Crippen LogP contribution is 2.44. The molecule has 1 fully saturated rings. The summed E-state index contributed by atoms with van der Waals surface area (Å²) in [5.74, 6) is -7.25. The average molecular weight is 530 g/mol. The molecule has 0 aliphatic carbocycles. The zero-order chi connectivity index (χ0) is 27.9. The minimum absolute atomic E-state index is 0.0741. The molecule has 0 bridgehead atoms. The van der Waals surface area contributed by atoms with Crippen LogP contribution < -0.4 is 11.0 Å². The monoisotopic (exact) mass is 529 g/mol. The first-order valence-electron chi connectivity index (χ1n) is 12.6. The van der Waals surface area contributed by atoms with Crippen LogP contribution in [0.5, 0.6) is 0 Å². The SMILES string of the molecule is CCCC(CCC)C(=O)Nc1ccn([C@@H]2O[C@H](COC(=O)C(C)C)[C@@H](OC(=O)C(C)C)C2(F)F)c(=O)n1. The van der Waals surface area contributed by atoms with Gasteiger partial charge in [0.1, 0.15) is 18.5 Å². The zero-order valence-corrected chi connectivity index (χ0v) is 22.2. The third-order valence-corrected chi connectivity index (χ3v) is 5.90. The van der Waals surface area contributed by atoms with E-state index in [9.17, 15) is 19.2 Å². The topological polar surface area (TPSA) is 126 Å². The van der Waals surface area contributed by atoms with Crippen LogP contribution in [-0.2, 0) is 28.6 Å². The highest BCUT2D eigenvalue weighted by Gasteiger charge is 2.63. The van der Waals surface area contributed by atoms with Gasteiger partial charge >= 0.3 is 23.6 Å². The molecule has 1 aliphatic rings. The highest BCUT2D eigenvalue weighted by atomic mass is 19.3. The third-order valence-electron chi connectivity index (χ3n) is 5.90. The molecule has 1 amide bonds. The maximum Gasteiger partial charge on any atom is 0.351 e. The Bertz CT molecular complexity index is 1010. The summed E-state index contributed by atoms with van der Waals surface area (Å²) >= 11 is 0. The number of nitrogens with one attached hydrogen (secondary N) is 1. The number of amides is 1. The van der Waals surface area contributed by atoms with Crippen LogP contribution in [0, 0.1) is 17.8 Å². The van der Waals surface area contributed by atoms with E-state index in [1.165, 1.54) is 19.9 Å². The molecule has 0 radical (unpaired) electrons. The molecule has 1 aromatic rings. The highest BCUT2D eigenvalue weighted by molar-refractivity contribution is 5.91. The maximum absolute atomic E-state index is 15.5. The summed E-state index contributed by atoms with van der Waals surface area (Å²) in [5, 5.41) is 2.57. The molecule has 12 heteroatoms. The number of carbonyl (C=O) groups is 3. The van der Waals surface area contributed by atoms with Gasteiger partial charge in [-0.25, -0.2) is 4.79 Å². The van der Waals surface area contributed by atoms with Crippen molar-refractivity contribution in [3.8, 4) is 0 Å². The number of alkyl halides is 2. The smallest absolute Gasteiger partial charge is 0.351 e. The van der Waals surface area contributed by atoms with Crippen molar-refractivity contribution in [3.05, 3.63) is 22.7 Å². The molecule has 2 rings (SSSR count). The van der Waals surface area contributed by atoms with Crippen molar-refractivity contribution in [2.24, 2.45) is 17.8 Å². The number of rotatable bonds is 12. The van der Waals surface area contributed by atoms with E-state index in [1.807, 2.05) is 13.8 Å². The van der Waals surface area contributed by atoms with E-state index in [0.29, 0.717) is 17.4 Å². The molecular formula is C25H37F2N3O7. The number of carbonyl (C=O) groups excluding carboxylic acids is 3. The van der Waals surface area contributed by atoms with Gasteiger partial charge in [0.05, 0.1) is 11.8 Å². The summed E-state index contributed by atoms with van der Waals surface area (Å²) in [6.07, 6.45) is -1.85. The zero-order valence-electron chi connectivity index (χ0n) is 22.2. The van der Waals surface area contributed by atoms with E-state index >= 15 is 8.78 Å². The van der Waals surface area contributed by atoms with E-state index in [2.05, 4.69) is 10.3 Å². The molecule has 10 nitrogen and oxygen atoms in total. The van der Waals surface area contributed by atoms with Crippen LogP contribution in [0.1, 0.15) is 73.5 Å². The number of esters is 2. The fourth-order valence-electron chi connectivity index (χ4n) is 3.83. The van der Waals surface area contributed by atoms with Crippen molar-refractivity contribution in [1.82, 2.24) is 9.55 Å². The van der Waals surface area contributed by atoms with Gasteiger partial charge < -0.3 is 19.5 Å². The summed E-state index contributed by atoms with van der Waals surface area (Å²) in [5.41, 5.74) is -1.10. The van der Waals surface area contributed by atoms with Gasteiger partial charge in [-0.15, -0.1) is 0 Å². The molecule has 2 heterocycles. The van der Waals surface area contributed by atoms with E-state index in [4.69, 9.17) is 14.2 Å². The van der Waals surface area contributed by atoms with Crippen molar-refractivity contribution in [2.75, 3.05) is 11.9 Å². The molecule has 0 aromatic carbocycles. The fraction of sp³-hybridized carbons (Fsp3) is 0.720. The molecule has 1 saturated heterocycles. The number of hydrogen-bond acceptors (Lipinski definition) is 8. The van der Waals surface area contributed by atoms with Crippen LogP contribution in [0.4, 0.5) is 14.6 Å². The fourth-order valence-corrected chi connectivity index (χ4v) is 3.83. The quantitative estimate of drug-likeness (QED) is 0.406. The van der Waals surface area contributed by atoms with Crippen molar-refractivity contribution < 1.29 is 37.4 Å². The Morgan fingerprint density at radius 3 is 2.22 bits per heavy atom. The second kappa shape index (κ2) is 13.1. The van der Waals surface area contributed by atoms with Gasteiger partial charge in [-0.3, -0.25) is 19.0 Å². The number of nitrogens with zero attached hydrogens (tertiary/aromatic N) is 2. The number of halogens is 2. The van der Waals surface area contributed by atoms with Crippen molar-refractivity contribution in [3.63, 3.8) is 0 Å². The molecule has 1 aliphatic heterocycles. The number of hydrogen-bond donors (Lipinski definition) is 1. The Labute approximate surface area is 215 Å². The number of anilines is 1. The lowest BCUT2D eigenvalue weighted by Gasteiger charge is -2.25. The van der Waals surface area contributed by atoms with Crippen LogP contribution >= 0.6 is 0 Å². The largest absolute Gasteiger partial charge is 0.463 e. The second-order valence-electron chi connectivity index (χ2n) is 9.76. The summed E-state index contributed by atoms with van der Waals surface area (Å²) in [6.45, 7) is 9.42. The first-order valence-corrected chi connectivity index (χ1v) is 12.6. The Hall–Kier alpha value is -2.89. The molecule has 1 aromatic heterocycles. The first-order chi connectivity index (χ1) is 17.3. The molecule has 0 spiro atoms. The van der Waals surface area contributed by atoms with E-state index in [0.717, 1.165) is 19.0 Å². The Balaban J connectivity index is 2.30. The third kappa shape index (κ3) is 7.56. The predicted molar refractivity (Wildman–Crippen MR) is 130 cm³/mol. The van der Waals surface area contributed by atoms with Gasteiger partial charge in [0, 0.05) is 12.1 Å². The average Bonchev–Trinajstić information content (AvgIpc) is 3.06. The molecule has 1 N–H and O–H groups in total. The normalized spacial score (nSPS) is 20.9. The lowest BCUT2D eigenvalue weighted by atomic mass is 9.97. The van der Waals surface area contributed by atoms with Crippen molar-refractivity contribution in [1.29, 1.82) is 0 Å². The Kier molecular flexibility index (Phi) is 10.7. The maximum atomic E-state index is 15.5.